The van der Waals surface area contributed by atoms with Gasteiger partial charge in [-0.15, -0.1) is 0 Å². The number of carbonyl (C=O) groups is 1. The highest BCUT2D eigenvalue weighted by atomic mass is 32.1. The molecule has 0 amide bonds. The number of thiazole rings is 1. The van der Waals surface area contributed by atoms with Gasteiger partial charge < -0.3 is 10.4 Å². The Morgan fingerprint density at radius 3 is 2.88 bits per heavy atom. The molecule has 1 aromatic carbocycles. The molecular weight excluding hydrogens is 224 g/mol. The van der Waals surface area contributed by atoms with Gasteiger partial charge in [0.05, 0.1) is 15.8 Å². The number of rotatable bonds is 3. The summed E-state index contributed by atoms with van der Waals surface area (Å²) in [6.45, 7) is 4.04. The van der Waals surface area contributed by atoms with Gasteiger partial charge in [-0.3, -0.25) is 0 Å². The highest BCUT2D eigenvalue weighted by molar-refractivity contribution is 7.22. The second-order valence-electron chi connectivity index (χ2n) is 3.78. The van der Waals surface area contributed by atoms with E-state index in [0.717, 1.165) is 15.3 Å². The minimum absolute atomic E-state index is 0.286. The molecule has 84 valence electrons. The molecule has 2 aromatic rings. The molecule has 2 N–H and O–H groups in total. The number of aromatic nitrogens is 1. The minimum Gasteiger partial charge on any atom is -0.478 e. The third-order valence-electron chi connectivity index (χ3n) is 2.06. The number of fused-ring (bicyclic) bond motifs is 1. The van der Waals surface area contributed by atoms with Crippen molar-refractivity contribution in [2.45, 2.75) is 19.9 Å². The van der Waals surface area contributed by atoms with Crippen molar-refractivity contribution in [1.29, 1.82) is 0 Å². The number of anilines is 1. The zero-order valence-electron chi connectivity index (χ0n) is 9.02. The van der Waals surface area contributed by atoms with Crippen LogP contribution in [0.1, 0.15) is 24.2 Å². The predicted octanol–water partition coefficient (Wildman–Crippen LogP) is 2.81. The van der Waals surface area contributed by atoms with Crippen LogP contribution in [0.25, 0.3) is 10.2 Å². The van der Waals surface area contributed by atoms with Gasteiger partial charge in [0.2, 0.25) is 0 Å². The van der Waals surface area contributed by atoms with Crippen LogP contribution in [0.5, 0.6) is 0 Å². The SMILES string of the molecule is CC(C)Nc1nc2cccc(C(=O)O)c2s1. The van der Waals surface area contributed by atoms with E-state index in [4.69, 9.17) is 5.11 Å². The molecule has 0 spiro atoms. The summed E-state index contributed by atoms with van der Waals surface area (Å²) in [5.41, 5.74) is 1.04. The van der Waals surface area contributed by atoms with E-state index < -0.39 is 5.97 Å². The maximum absolute atomic E-state index is 11.0. The predicted molar refractivity (Wildman–Crippen MR) is 65.3 cm³/mol. The summed E-state index contributed by atoms with van der Waals surface area (Å²) in [4.78, 5) is 15.3. The highest BCUT2D eigenvalue weighted by Gasteiger charge is 2.12. The Balaban J connectivity index is 2.52. The first kappa shape index (κ1) is 10.9. The maximum Gasteiger partial charge on any atom is 0.337 e. The van der Waals surface area contributed by atoms with Crippen molar-refractivity contribution >= 4 is 32.7 Å². The summed E-state index contributed by atoms with van der Waals surface area (Å²) in [6, 6.07) is 5.42. The third kappa shape index (κ3) is 1.99. The lowest BCUT2D eigenvalue weighted by atomic mass is 10.2. The maximum atomic E-state index is 11.0. The number of hydrogen-bond acceptors (Lipinski definition) is 4. The number of aromatic carboxylic acids is 1. The largest absolute Gasteiger partial charge is 0.478 e. The van der Waals surface area contributed by atoms with Crippen molar-refractivity contribution in [3.8, 4) is 0 Å². The molecule has 5 heteroatoms. The van der Waals surface area contributed by atoms with Crippen LogP contribution in [0.2, 0.25) is 0 Å². The van der Waals surface area contributed by atoms with Gasteiger partial charge in [0.25, 0.3) is 0 Å². The van der Waals surface area contributed by atoms with Crippen molar-refractivity contribution < 1.29 is 9.90 Å². The van der Waals surface area contributed by atoms with Gasteiger partial charge in [0.1, 0.15) is 0 Å². The molecule has 4 nitrogen and oxygen atoms in total. The van der Waals surface area contributed by atoms with Crippen molar-refractivity contribution in [2.24, 2.45) is 0 Å². The normalized spacial score (nSPS) is 10.9. The second-order valence-corrected chi connectivity index (χ2v) is 4.78. The van der Waals surface area contributed by atoms with E-state index in [1.807, 2.05) is 19.9 Å². The molecule has 0 aliphatic heterocycles. The number of carboxylic acid groups (broad SMARTS) is 1. The third-order valence-corrected chi connectivity index (χ3v) is 3.09. The Hall–Kier alpha value is -1.62. The quantitative estimate of drug-likeness (QED) is 0.860. The van der Waals surface area contributed by atoms with E-state index in [-0.39, 0.29) is 6.04 Å². The van der Waals surface area contributed by atoms with E-state index in [9.17, 15) is 4.79 Å². The summed E-state index contributed by atoms with van der Waals surface area (Å²) < 4.78 is 0.721. The Morgan fingerprint density at radius 2 is 2.25 bits per heavy atom. The molecule has 0 aliphatic carbocycles. The van der Waals surface area contributed by atoms with Crippen LogP contribution >= 0.6 is 11.3 Å². The van der Waals surface area contributed by atoms with Crippen LogP contribution in [0.3, 0.4) is 0 Å². The first-order valence-corrected chi connectivity index (χ1v) is 5.79. The van der Waals surface area contributed by atoms with Gasteiger partial charge in [-0.2, -0.15) is 0 Å². The lowest BCUT2D eigenvalue weighted by molar-refractivity contribution is 0.0699. The molecule has 0 bridgehead atoms. The molecule has 1 heterocycles. The molecule has 0 unspecified atom stereocenters. The first-order valence-electron chi connectivity index (χ1n) is 4.97. The Morgan fingerprint density at radius 1 is 1.50 bits per heavy atom. The van der Waals surface area contributed by atoms with E-state index >= 15 is 0 Å². The number of nitrogens with one attached hydrogen (secondary N) is 1. The summed E-state index contributed by atoms with van der Waals surface area (Å²) >= 11 is 1.38. The van der Waals surface area contributed by atoms with Crippen LogP contribution in [0, 0.1) is 0 Å². The van der Waals surface area contributed by atoms with Crippen molar-refractivity contribution in [3.63, 3.8) is 0 Å². The molecule has 16 heavy (non-hydrogen) atoms. The fraction of sp³-hybridized carbons (Fsp3) is 0.273. The van der Waals surface area contributed by atoms with Crippen molar-refractivity contribution in [2.75, 3.05) is 5.32 Å². The molecule has 1 aromatic heterocycles. The zero-order chi connectivity index (χ0) is 11.7. The molecule has 0 radical (unpaired) electrons. The molecule has 0 aliphatic rings. The lowest BCUT2D eigenvalue weighted by Gasteiger charge is -2.03. The van der Waals surface area contributed by atoms with Gasteiger partial charge in [0, 0.05) is 6.04 Å². The number of benzene rings is 1. The molecule has 0 atom stereocenters. The van der Waals surface area contributed by atoms with Gasteiger partial charge in [-0.05, 0) is 26.0 Å². The summed E-state index contributed by atoms with van der Waals surface area (Å²) in [5.74, 6) is -0.912. The molecule has 0 fully saturated rings. The van der Waals surface area contributed by atoms with Crippen LogP contribution in [0.4, 0.5) is 5.13 Å². The molecule has 0 saturated heterocycles. The summed E-state index contributed by atoms with van der Waals surface area (Å²) in [5, 5.41) is 13.0. The average molecular weight is 236 g/mol. The minimum atomic E-state index is -0.912. The Bertz CT molecular complexity index is 534. The van der Waals surface area contributed by atoms with Crippen LogP contribution in [-0.2, 0) is 0 Å². The van der Waals surface area contributed by atoms with Crippen molar-refractivity contribution in [1.82, 2.24) is 4.98 Å². The standard InChI is InChI=1S/C11H12N2O2S/c1-6(2)12-11-13-8-5-3-4-7(10(14)15)9(8)16-11/h3-6H,1-2H3,(H,12,13)(H,14,15). The van der Waals surface area contributed by atoms with Crippen LogP contribution in [-0.4, -0.2) is 22.1 Å². The van der Waals surface area contributed by atoms with Crippen LogP contribution < -0.4 is 5.32 Å². The number of nitrogens with zero attached hydrogens (tertiary/aromatic N) is 1. The van der Waals surface area contributed by atoms with Gasteiger partial charge in [-0.25, -0.2) is 9.78 Å². The summed E-state index contributed by atoms with van der Waals surface area (Å²) in [6.07, 6.45) is 0. The molecular formula is C11H12N2O2S. The molecule has 0 saturated carbocycles. The van der Waals surface area contributed by atoms with Gasteiger partial charge in [0.15, 0.2) is 5.13 Å². The monoisotopic (exact) mass is 236 g/mol. The van der Waals surface area contributed by atoms with E-state index in [1.165, 1.54) is 11.3 Å². The Kier molecular flexibility index (Phi) is 2.78. The van der Waals surface area contributed by atoms with E-state index in [0.29, 0.717) is 5.56 Å². The molecule has 2 rings (SSSR count). The Labute approximate surface area is 96.9 Å². The highest BCUT2D eigenvalue weighted by Crippen LogP contribution is 2.29. The van der Waals surface area contributed by atoms with Crippen molar-refractivity contribution in [3.05, 3.63) is 23.8 Å². The van der Waals surface area contributed by atoms with Gasteiger partial charge in [-0.1, -0.05) is 17.4 Å². The first-order chi connectivity index (χ1) is 7.58. The fourth-order valence-corrected chi connectivity index (χ4v) is 2.54. The van der Waals surface area contributed by atoms with E-state index in [1.54, 1.807) is 12.1 Å². The number of carboxylic acids is 1. The topological polar surface area (TPSA) is 62.2 Å². The zero-order valence-corrected chi connectivity index (χ0v) is 9.84. The fourth-order valence-electron chi connectivity index (χ4n) is 1.43. The lowest BCUT2D eigenvalue weighted by Crippen LogP contribution is -2.08. The summed E-state index contributed by atoms with van der Waals surface area (Å²) in [7, 11) is 0. The second kappa shape index (κ2) is 4.09. The average Bonchev–Trinajstić information content (AvgIpc) is 2.57. The number of hydrogen-bond donors (Lipinski definition) is 2. The smallest absolute Gasteiger partial charge is 0.337 e. The van der Waals surface area contributed by atoms with E-state index in [2.05, 4.69) is 10.3 Å². The van der Waals surface area contributed by atoms with Gasteiger partial charge >= 0.3 is 5.97 Å². The van der Waals surface area contributed by atoms with Crippen LogP contribution in [0.15, 0.2) is 18.2 Å².